The summed E-state index contributed by atoms with van der Waals surface area (Å²) in [6, 6.07) is -0.969. The van der Waals surface area contributed by atoms with E-state index in [-0.39, 0.29) is 19.1 Å². The summed E-state index contributed by atoms with van der Waals surface area (Å²) in [6.07, 6.45) is 38.3. The van der Waals surface area contributed by atoms with Crippen molar-refractivity contribution in [2.75, 3.05) is 26.9 Å². The second-order valence-electron chi connectivity index (χ2n) is 18.8. The molecule has 0 spiro atoms. The Bertz CT molecular complexity index is 911. The normalized spacial score (nSPS) is 15.3. The molecular formula is C52H105NO9. The van der Waals surface area contributed by atoms with Crippen LogP contribution in [-0.4, -0.2) is 101 Å². The smallest absolute Gasteiger partial charge is 0.220 e. The number of aliphatic hydroxyl groups excluding tert-OH is 5. The largest absolute Gasteiger partial charge is 0.393 e. The highest BCUT2D eigenvalue weighted by Gasteiger charge is 2.32. The molecule has 0 aliphatic carbocycles. The van der Waals surface area contributed by atoms with E-state index in [0.717, 1.165) is 38.5 Å². The third-order valence-corrected chi connectivity index (χ3v) is 12.6. The lowest BCUT2D eigenvalue weighted by molar-refractivity contribution is -0.245. The lowest BCUT2D eigenvalue weighted by atomic mass is 9.99. The van der Waals surface area contributed by atoms with Crippen molar-refractivity contribution in [3.05, 3.63) is 0 Å². The maximum absolute atomic E-state index is 13.1. The molecule has 372 valence electrons. The molecule has 0 bridgehead atoms. The number of hydrogen-bond donors (Lipinski definition) is 6. The third kappa shape index (κ3) is 38.4. The van der Waals surface area contributed by atoms with Crippen molar-refractivity contribution in [1.29, 1.82) is 0 Å². The minimum Gasteiger partial charge on any atom is -0.393 e. The first-order chi connectivity index (χ1) is 30.2. The first-order valence-electron chi connectivity index (χ1n) is 26.6. The Morgan fingerprint density at radius 2 is 0.855 bits per heavy atom. The average Bonchev–Trinajstić information content (AvgIpc) is 3.26. The lowest BCUT2D eigenvalue weighted by Crippen LogP contribution is -2.52. The van der Waals surface area contributed by atoms with Gasteiger partial charge in [0.2, 0.25) is 5.91 Å². The molecule has 62 heavy (non-hydrogen) atoms. The Hall–Kier alpha value is -0.850. The third-order valence-electron chi connectivity index (χ3n) is 12.6. The van der Waals surface area contributed by atoms with E-state index in [9.17, 15) is 30.3 Å². The molecule has 0 aliphatic rings. The Morgan fingerprint density at radius 3 is 1.19 bits per heavy atom. The van der Waals surface area contributed by atoms with Crippen LogP contribution in [0, 0.1) is 0 Å². The van der Waals surface area contributed by atoms with E-state index in [0.29, 0.717) is 12.8 Å². The molecule has 0 radical (unpaired) electrons. The monoisotopic (exact) mass is 888 g/mol. The Balaban J connectivity index is 4.51. The number of carbonyl (C=O) groups excluding carboxylic acids is 1. The van der Waals surface area contributed by atoms with Gasteiger partial charge in [0.1, 0.15) is 18.3 Å². The number of rotatable bonds is 50. The van der Waals surface area contributed by atoms with E-state index in [4.69, 9.17) is 14.2 Å². The quantitative estimate of drug-likeness (QED) is 0.0258. The molecule has 10 nitrogen and oxygen atoms in total. The Morgan fingerprint density at radius 1 is 0.500 bits per heavy atom. The molecule has 0 aromatic carbocycles. The molecular weight excluding hydrogens is 783 g/mol. The maximum atomic E-state index is 13.1. The summed E-state index contributed by atoms with van der Waals surface area (Å²) in [4.78, 5) is 13.1. The van der Waals surface area contributed by atoms with Gasteiger partial charge in [-0.2, -0.15) is 0 Å². The van der Waals surface area contributed by atoms with Crippen molar-refractivity contribution >= 4 is 5.91 Å². The van der Waals surface area contributed by atoms with Crippen molar-refractivity contribution < 1.29 is 44.5 Å². The second-order valence-corrected chi connectivity index (χ2v) is 18.8. The van der Waals surface area contributed by atoms with E-state index in [1.165, 1.54) is 200 Å². The number of methoxy groups -OCH3 is 1. The fourth-order valence-corrected chi connectivity index (χ4v) is 8.36. The van der Waals surface area contributed by atoms with Gasteiger partial charge in [0.15, 0.2) is 6.29 Å². The van der Waals surface area contributed by atoms with Gasteiger partial charge in [-0.3, -0.25) is 4.79 Å². The lowest BCUT2D eigenvalue weighted by Gasteiger charge is -2.32. The minimum atomic E-state index is -1.44. The first kappa shape index (κ1) is 61.1. The summed E-state index contributed by atoms with van der Waals surface area (Å²) in [5.74, 6) is -0.236. The molecule has 6 N–H and O–H groups in total. The number of nitrogens with one attached hydrogen (secondary N) is 1. The van der Waals surface area contributed by atoms with E-state index in [1.807, 2.05) is 0 Å². The molecule has 0 heterocycles. The summed E-state index contributed by atoms with van der Waals surface area (Å²) in [5, 5.41) is 55.4. The zero-order chi connectivity index (χ0) is 45.7. The molecule has 10 heteroatoms. The van der Waals surface area contributed by atoms with Gasteiger partial charge in [-0.1, -0.05) is 232 Å². The molecule has 0 aliphatic heterocycles. The highest BCUT2D eigenvalue weighted by molar-refractivity contribution is 5.76. The van der Waals surface area contributed by atoms with Gasteiger partial charge in [0, 0.05) is 13.5 Å². The molecule has 0 saturated heterocycles. The summed E-state index contributed by atoms with van der Waals surface area (Å²) in [7, 11) is 1.46. The number of unbranched alkanes of at least 4 members (excludes halogenated alkanes) is 33. The zero-order valence-electron chi connectivity index (χ0n) is 41.2. The van der Waals surface area contributed by atoms with Gasteiger partial charge in [-0.05, 0) is 19.8 Å². The topological polar surface area (TPSA) is 158 Å². The Kier molecular flexibility index (Phi) is 46.0. The van der Waals surface area contributed by atoms with Crippen LogP contribution in [0.3, 0.4) is 0 Å². The van der Waals surface area contributed by atoms with Crippen molar-refractivity contribution in [2.24, 2.45) is 0 Å². The van der Waals surface area contributed by atoms with Crippen LogP contribution in [0.25, 0.3) is 0 Å². The summed E-state index contributed by atoms with van der Waals surface area (Å²) >= 11 is 0. The van der Waals surface area contributed by atoms with Crippen molar-refractivity contribution in [3.8, 4) is 0 Å². The van der Waals surface area contributed by atoms with Crippen molar-refractivity contribution in [3.63, 3.8) is 0 Å². The van der Waals surface area contributed by atoms with Crippen LogP contribution in [0.2, 0.25) is 0 Å². The van der Waals surface area contributed by atoms with E-state index < -0.39 is 49.5 Å². The van der Waals surface area contributed by atoms with Crippen molar-refractivity contribution in [2.45, 2.75) is 301 Å². The number of amides is 1. The molecule has 0 fully saturated rings. The molecule has 0 aromatic heterocycles. The molecule has 1 amide bonds. The zero-order valence-corrected chi connectivity index (χ0v) is 41.2. The standard InChI is InChI=1S/C52H105NO9/c1-5-7-9-11-13-15-17-19-20-21-22-23-24-25-26-27-28-29-31-33-35-37-39-41-50(58)53-46(43-61-52(48(57)42-54)62-49(44-60-4)45(3)55)51(59)47(56)40-38-36-34-32-30-18-16-14-12-10-8-6-2/h45-49,51-52,54-57,59H,5-44H2,1-4H3,(H,53,58)/t45-,46+,47-,48+,49?,51+,52?/m1/s1. The van der Waals surface area contributed by atoms with Gasteiger partial charge in [0.05, 0.1) is 38.1 Å². The van der Waals surface area contributed by atoms with Gasteiger partial charge in [0.25, 0.3) is 0 Å². The van der Waals surface area contributed by atoms with Crippen LogP contribution < -0.4 is 5.32 Å². The summed E-state index contributed by atoms with van der Waals surface area (Å²) in [5.41, 5.74) is 0. The van der Waals surface area contributed by atoms with Crippen LogP contribution in [0.1, 0.15) is 258 Å². The average molecular weight is 888 g/mol. The fraction of sp³-hybridized carbons (Fsp3) is 0.981. The molecule has 0 saturated carbocycles. The maximum Gasteiger partial charge on any atom is 0.220 e. The highest BCUT2D eigenvalue weighted by atomic mass is 16.7. The summed E-state index contributed by atoms with van der Waals surface area (Å²) < 4.78 is 16.7. The highest BCUT2D eigenvalue weighted by Crippen LogP contribution is 2.19. The Labute approximate surface area is 382 Å². The van der Waals surface area contributed by atoms with Crippen LogP contribution in [-0.2, 0) is 19.0 Å². The van der Waals surface area contributed by atoms with E-state index in [1.54, 1.807) is 0 Å². The predicted molar refractivity (Wildman–Crippen MR) is 257 cm³/mol. The predicted octanol–water partition coefficient (Wildman–Crippen LogP) is 11.8. The van der Waals surface area contributed by atoms with Crippen molar-refractivity contribution in [1.82, 2.24) is 5.32 Å². The van der Waals surface area contributed by atoms with E-state index >= 15 is 0 Å². The van der Waals surface area contributed by atoms with Crippen LogP contribution in [0.4, 0.5) is 0 Å². The number of aliphatic hydroxyl groups is 5. The molecule has 0 aromatic rings. The second kappa shape index (κ2) is 46.7. The van der Waals surface area contributed by atoms with Gasteiger partial charge >= 0.3 is 0 Å². The SMILES string of the molecule is CCCCCCCCCCCCCCCCCCCCCCCCCC(=O)N[C@@H](COC(OC(COC)[C@@H](C)O)[C@@H](O)CO)[C@H](O)[C@H](O)CCCCCCCCCCCCCC. The first-order valence-corrected chi connectivity index (χ1v) is 26.6. The van der Waals surface area contributed by atoms with Gasteiger partial charge < -0.3 is 45.1 Å². The fourth-order valence-electron chi connectivity index (χ4n) is 8.36. The number of carbonyl (C=O) groups is 1. The molecule has 0 rings (SSSR count). The van der Waals surface area contributed by atoms with Crippen LogP contribution >= 0.6 is 0 Å². The minimum absolute atomic E-state index is 0.0236. The van der Waals surface area contributed by atoms with E-state index in [2.05, 4.69) is 19.2 Å². The molecule has 7 atom stereocenters. The number of ether oxygens (including phenoxy) is 3. The van der Waals surface area contributed by atoms with Gasteiger partial charge in [-0.25, -0.2) is 0 Å². The number of hydrogen-bond acceptors (Lipinski definition) is 9. The molecule has 2 unspecified atom stereocenters. The van der Waals surface area contributed by atoms with Gasteiger partial charge in [-0.15, -0.1) is 0 Å². The summed E-state index contributed by atoms with van der Waals surface area (Å²) in [6.45, 7) is 5.14. The van der Waals surface area contributed by atoms with Crippen LogP contribution in [0.5, 0.6) is 0 Å². The van der Waals surface area contributed by atoms with Crippen LogP contribution in [0.15, 0.2) is 0 Å².